The molecule has 1 aliphatic rings. The molecule has 132 valence electrons. The molecule has 1 aliphatic carbocycles. The molecule has 2 amide bonds. The summed E-state index contributed by atoms with van der Waals surface area (Å²) in [6.07, 6.45) is 3.77. The molecule has 1 fully saturated rings. The summed E-state index contributed by atoms with van der Waals surface area (Å²) in [6.45, 7) is -0.175. The Bertz CT molecular complexity index is 764. The maximum Gasteiger partial charge on any atom is 0.244 e. The number of hydrogen-bond acceptors (Lipinski definition) is 3. The lowest BCUT2D eigenvalue weighted by molar-refractivity contribution is -0.127. The molecule has 1 aromatic carbocycles. The van der Waals surface area contributed by atoms with E-state index < -0.39 is 17.5 Å². The maximum absolute atomic E-state index is 13.7. The van der Waals surface area contributed by atoms with Crippen LogP contribution in [0.5, 0.6) is 0 Å². The van der Waals surface area contributed by atoms with Crippen LogP contribution in [-0.4, -0.2) is 28.6 Å². The second-order valence-corrected chi connectivity index (χ2v) is 6.01. The number of carbonyl (C=O) groups is 2. The third-order valence-corrected chi connectivity index (χ3v) is 4.23. The molecule has 1 heterocycles. The molecule has 0 aliphatic heterocycles. The molecule has 8 heteroatoms. The smallest absolute Gasteiger partial charge is 0.244 e. The van der Waals surface area contributed by atoms with E-state index in [1.165, 1.54) is 12.1 Å². The van der Waals surface area contributed by atoms with Crippen LogP contribution < -0.4 is 10.6 Å². The second kappa shape index (κ2) is 7.42. The van der Waals surface area contributed by atoms with Gasteiger partial charge in [0.1, 0.15) is 11.6 Å². The van der Waals surface area contributed by atoms with Crippen LogP contribution in [0.15, 0.2) is 24.3 Å². The zero-order valence-electron chi connectivity index (χ0n) is 13.4. The first-order chi connectivity index (χ1) is 12.0. The first-order valence-corrected chi connectivity index (χ1v) is 8.12. The molecule has 0 bridgehead atoms. The Hall–Kier alpha value is -2.77. The van der Waals surface area contributed by atoms with Crippen molar-refractivity contribution in [2.45, 2.75) is 25.7 Å². The SMILES string of the molecule is O=C(CNC(=O)C1CCCC1)Nc1cc(-c2c(F)cccc2F)[nH]n1. The summed E-state index contributed by atoms with van der Waals surface area (Å²) in [5.74, 6) is -1.94. The molecule has 0 radical (unpaired) electrons. The van der Waals surface area contributed by atoms with E-state index in [1.807, 2.05) is 0 Å². The zero-order valence-corrected chi connectivity index (χ0v) is 13.4. The molecule has 3 rings (SSSR count). The van der Waals surface area contributed by atoms with Crippen LogP contribution in [0.3, 0.4) is 0 Å². The monoisotopic (exact) mass is 348 g/mol. The highest BCUT2D eigenvalue weighted by Crippen LogP contribution is 2.26. The number of anilines is 1. The van der Waals surface area contributed by atoms with Crippen LogP contribution >= 0.6 is 0 Å². The molecular weight excluding hydrogens is 330 g/mol. The predicted octanol–water partition coefficient (Wildman–Crippen LogP) is 2.60. The van der Waals surface area contributed by atoms with E-state index in [4.69, 9.17) is 0 Å². The van der Waals surface area contributed by atoms with Gasteiger partial charge in [-0.05, 0) is 25.0 Å². The van der Waals surface area contributed by atoms with Gasteiger partial charge in [0.05, 0.1) is 17.8 Å². The minimum atomic E-state index is -0.731. The summed E-state index contributed by atoms with van der Waals surface area (Å²) in [5.41, 5.74) is -0.133. The third-order valence-electron chi connectivity index (χ3n) is 4.23. The molecule has 2 aromatic rings. The largest absolute Gasteiger partial charge is 0.347 e. The number of aromatic amines is 1. The summed E-state index contributed by atoms with van der Waals surface area (Å²) in [7, 11) is 0. The lowest BCUT2D eigenvalue weighted by atomic mass is 10.1. The summed E-state index contributed by atoms with van der Waals surface area (Å²) >= 11 is 0. The zero-order chi connectivity index (χ0) is 17.8. The second-order valence-electron chi connectivity index (χ2n) is 6.01. The summed E-state index contributed by atoms with van der Waals surface area (Å²) < 4.78 is 27.5. The topological polar surface area (TPSA) is 86.9 Å². The molecule has 0 atom stereocenters. The van der Waals surface area contributed by atoms with Gasteiger partial charge in [-0.3, -0.25) is 14.7 Å². The molecule has 1 saturated carbocycles. The van der Waals surface area contributed by atoms with E-state index in [2.05, 4.69) is 20.8 Å². The summed E-state index contributed by atoms with van der Waals surface area (Å²) in [4.78, 5) is 23.8. The molecule has 6 nitrogen and oxygen atoms in total. The quantitative estimate of drug-likeness (QED) is 0.776. The van der Waals surface area contributed by atoms with Gasteiger partial charge in [0.15, 0.2) is 5.82 Å². The van der Waals surface area contributed by atoms with Gasteiger partial charge in [-0.15, -0.1) is 0 Å². The third kappa shape index (κ3) is 4.01. The number of hydrogen-bond donors (Lipinski definition) is 3. The van der Waals surface area contributed by atoms with Gasteiger partial charge in [-0.25, -0.2) is 8.78 Å². The minimum absolute atomic E-state index is 0.0196. The van der Waals surface area contributed by atoms with Crippen molar-refractivity contribution >= 4 is 17.6 Å². The molecule has 1 aromatic heterocycles. The first kappa shape index (κ1) is 17.1. The van der Waals surface area contributed by atoms with Crippen LogP contribution in [0, 0.1) is 17.6 Å². The van der Waals surface area contributed by atoms with Gasteiger partial charge >= 0.3 is 0 Å². The van der Waals surface area contributed by atoms with Crippen molar-refractivity contribution in [1.82, 2.24) is 15.5 Å². The van der Waals surface area contributed by atoms with E-state index in [0.717, 1.165) is 37.8 Å². The Labute approximate surface area is 143 Å². The number of aromatic nitrogens is 2. The Balaban J connectivity index is 1.57. The molecule has 0 spiro atoms. The van der Waals surface area contributed by atoms with Crippen molar-refractivity contribution in [1.29, 1.82) is 0 Å². The van der Waals surface area contributed by atoms with Gasteiger partial charge in [-0.1, -0.05) is 18.9 Å². The number of nitrogens with one attached hydrogen (secondary N) is 3. The van der Waals surface area contributed by atoms with E-state index in [-0.39, 0.29) is 35.4 Å². The van der Waals surface area contributed by atoms with E-state index in [1.54, 1.807) is 0 Å². The van der Waals surface area contributed by atoms with Crippen LogP contribution in [0.25, 0.3) is 11.3 Å². The van der Waals surface area contributed by atoms with Crippen molar-refractivity contribution in [2.24, 2.45) is 5.92 Å². The Kier molecular flexibility index (Phi) is 5.06. The standard InChI is InChI=1S/C17H18F2N4O2/c18-11-6-3-7-12(19)16(11)13-8-14(23-22-13)21-15(24)9-20-17(25)10-4-1-2-5-10/h3,6-8,10H,1-2,4-5,9H2,(H,20,25)(H2,21,22,23,24). The Morgan fingerprint density at radius 2 is 1.88 bits per heavy atom. The number of benzene rings is 1. The van der Waals surface area contributed by atoms with E-state index >= 15 is 0 Å². The number of halogens is 2. The van der Waals surface area contributed by atoms with E-state index in [9.17, 15) is 18.4 Å². The Morgan fingerprint density at radius 1 is 1.20 bits per heavy atom. The van der Waals surface area contributed by atoms with E-state index in [0.29, 0.717) is 0 Å². The first-order valence-electron chi connectivity index (χ1n) is 8.12. The van der Waals surface area contributed by atoms with Crippen molar-refractivity contribution < 1.29 is 18.4 Å². The fraction of sp³-hybridized carbons (Fsp3) is 0.353. The highest BCUT2D eigenvalue weighted by molar-refractivity contribution is 5.94. The molecule has 0 unspecified atom stereocenters. The normalized spacial score (nSPS) is 14.5. The van der Waals surface area contributed by atoms with Crippen molar-refractivity contribution in [3.8, 4) is 11.3 Å². The highest BCUT2D eigenvalue weighted by atomic mass is 19.1. The number of nitrogens with zero attached hydrogens (tertiary/aromatic N) is 1. The van der Waals surface area contributed by atoms with Gasteiger partial charge < -0.3 is 10.6 Å². The van der Waals surface area contributed by atoms with Crippen LogP contribution in [0.2, 0.25) is 0 Å². The number of amides is 2. The molecule has 3 N–H and O–H groups in total. The Morgan fingerprint density at radius 3 is 2.56 bits per heavy atom. The van der Waals surface area contributed by atoms with Crippen LogP contribution in [0.1, 0.15) is 25.7 Å². The number of rotatable bonds is 5. The summed E-state index contributed by atoms with van der Waals surface area (Å²) in [5, 5.41) is 11.4. The van der Waals surface area contributed by atoms with Crippen molar-refractivity contribution in [3.05, 3.63) is 35.9 Å². The van der Waals surface area contributed by atoms with Crippen LogP contribution in [0.4, 0.5) is 14.6 Å². The number of carbonyl (C=O) groups excluding carboxylic acids is 2. The van der Waals surface area contributed by atoms with Gasteiger partial charge in [0.25, 0.3) is 0 Å². The average molecular weight is 348 g/mol. The lowest BCUT2D eigenvalue weighted by Crippen LogP contribution is -2.36. The number of H-pyrrole nitrogens is 1. The predicted molar refractivity (Wildman–Crippen MR) is 87.5 cm³/mol. The van der Waals surface area contributed by atoms with Crippen molar-refractivity contribution in [2.75, 3.05) is 11.9 Å². The van der Waals surface area contributed by atoms with Crippen LogP contribution in [-0.2, 0) is 9.59 Å². The molecular formula is C17H18F2N4O2. The van der Waals surface area contributed by atoms with Gasteiger partial charge in [0, 0.05) is 12.0 Å². The van der Waals surface area contributed by atoms with Gasteiger partial charge in [-0.2, -0.15) is 5.10 Å². The fourth-order valence-electron chi connectivity index (χ4n) is 2.96. The maximum atomic E-state index is 13.7. The van der Waals surface area contributed by atoms with Gasteiger partial charge in [0.2, 0.25) is 11.8 Å². The average Bonchev–Trinajstić information content (AvgIpc) is 3.24. The molecule has 0 saturated heterocycles. The lowest BCUT2D eigenvalue weighted by Gasteiger charge is -2.09. The van der Waals surface area contributed by atoms with Crippen molar-refractivity contribution in [3.63, 3.8) is 0 Å². The minimum Gasteiger partial charge on any atom is -0.347 e. The highest BCUT2D eigenvalue weighted by Gasteiger charge is 2.23. The fourth-order valence-corrected chi connectivity index (χ4v) is 2.96. The summed E-state index contributed by atoms with van der Waals surface area (Å²) in [6, 6.07) is 4.87. The molecule has 25 heavy (non-hydrogen) atoms.